The zero-order valence-corrected chi connectivity index (χ0v) is 25.9. The number of hydrogen-bond acceptors (Lipinski definition) is 4. The highest BCUT2D eigenvalue weighted by Crippen LogP contribution is 2.34. The van der Waals surface area contributed by atoms with Gasteiger partial charge in [-0.25, -0.2) is 4.79 Å². The Bertz CT molecular complexity index is 2190. The van der Waals surface area contributed by atoms with Crippen LogP contribution in [0.2, 0.25) is 0 Å². The first kappa shape index (κ1) is 27.8. The lowest BCUT2D eigenvalue weighted by atomic mass is 10.1. The fourth-order valence-corrected chi connectivity index (χ4v) is 6.42. The first-order valence-corrected chi connectivity index (χ1v) is 14.7. The second-order valence-corrected chi connectivity index (χ2v) is 11.4. The van der Waals surface area contributed by atoms with Crippen LogP contribution in [0.3, 0.4) is 0 Å². The first-order valence-electron chi connectivity index (χ1n) is 13.1. The summed E-state index contributed by atoms with van der Waals surface area (Å²) >= 11 is 6.96. The quantitative estimate of drug-likeness (QED) is 0.139. The summed E-state index contributed by atoms with van der Waals surface area (Å²) in [5.74, 6) is -0.512. The van der Waals surface area contributed by atoms with Crippen molar-refractivity contribution in [2.45, 2.75) is 6.54 Å². The van der Waals surface area contributed by atoms with E-state index in [9.17, 15) is 4.79 Å². The molecule has 0 amide bonds. The summed E-state index contributed by atoms with van der Waals surface area (Å²) in [6, 6.07) is 28.6. The summed E-state index contributed by atoms with van der Waals surface area (Å²) in [6.07, 6.45) is 3.70. The Balaban J connectivity index is 1.55. The molecule has 0 radical (unpaired) electrons. The zero-order valence-electron chi connectivity index (χ0n) is 22.7. The number of benzene rings is 4. The Morgan fingerprint density at radius 2 is 1.71 bits per heavy atom. The van der Waals surface area contributed by atoms with Crippen LogP contribution >= 0.6 is 31.9 Å². The van der Waals surface area contributed by atoms with Crippen molar-refractivity contribution in [2.75, 3.05) is 7.11 Å². The molecule has 42 heavy (non-hydrogen) atoms. The summed E-state index contributed by atoms with van der Waals surface area (Å²) in [5.41, 5.74) is 5.81. The number of carbonyl (C=O) groups is 1. The van der Waals surface area contributed by atoms with Gasteiger partial charge in [-0.3, -0.25) is 4.57 Å². The van der Waals surface area contributed by atoms with Gasteiger partial charge in [0.2, 0.25) is 0 Å². The topological polar surface area (TPSA) is 61.7 Å². The Kier molecular flexibility index (Phi) is 7.58. The maximum Gasteiger partial charge on any atom is 0.340 e. The van der Waals surface area contributed by atoms with E-state index in [0.717, 1.165) is 33.1 Å². The molecule has 0 N–H and O–H groups in total. The number of methoxy groups -OCH3 is 1. The maximum atomic E-state index is 12.5. The van der Waals surface area contributed by atoms with Crippen LogP contribution in [0.1, 0.15) is 15.9 Å². The molecule has 0 aliphatic carbocycles. The smallest absolute Gasteiger partial charge is 0.340 e. The molecule has 0 aliphatic heterocycles. The number of esters is 1. The lowest BCUT2D eigenvalue weighted by Gasteiger charge is -2.07. The van der Waals surface area contributed by atoms with Crippen molar-refractivity contribution in [2.24, 2.45) is 4.99 Å². The molecule has 8 heteroatoms. The van der Waals surface area contributed by atoms with Crippen molar-refractivity contribution < 1.29 is 13.9 Å². The molecule has 0 spiro atoms. The molecular formula is C34H25Br2N3O3. The van der Waals surface area contributed by atoms with Gasteiger partial charge in [0.25, 0.3) is 0 Å². The number of rotatable bonds is 6. The van der Waals surface area contributed by atoms with Crippen molar-refractivity contribution in [3.05, 3.63) is 134 Å². The lowest BCUT2D eigenvalue weighted by Crippen LogP contribution is -2.30. The number of allylic oxidation sites excluding steroid dienone is 1. The number of hydrogen-bond donors (Lipinski definition) is 0. The number of halogens is 2. The van der Waals surface area contributed by atoms with E-state index in [1.54, 1.807) is 12.1 Å². The van der Waals surface area contributed by atoms with Gasteiger partial charge in [-0.15, -0.1) is 6.58 Å². The third-order valence-electron chi connectivity index (χ3n) is 7.00. The van der Waals surface area contributed by atoms with Gasteiger partial charge in [0, 0.05) is 32.0 Å². The van der Waals surface area contributed by atoms with Crippen molar-refractivity contribution >= 4 is 78.0 Å². The number of fused-ring (bicyclic) bond motifs is 3. The van der Waals surface area contributed by atoms with Crippen molar-refractivity contribution in [1.82, 2.24) is 9.13 Å². The molecule has 6 nitrogen and oxygen atoms in total. The summed E-state index contributed by atoms with van der Waals surface area (Å²) in [7, 11) is 1.33. The van der Waals surface area contributed by atoms with E-state index in [2.05, 4.69) is 104 Å². The Morgan fingerprint density at radius 3 is 2.48 bits per heavy atom. The van der Waals surface area contributed by atoms with Crippen LogP contribution in [0.15, 0.2) is 116 Å². The van der Waals surface area contributed by atoms with Gasteiger partial charge in [-0.1, -0.05) is 71.0 Å². The number of carbonyl (C=O) groups excluding carboxylic acids is 1. The van der Waals surface area contributed by atoms with Gasteiger partial charge in [-0.05, 0) is 70.0 Å². The van der Waals surface area contributed by atoms with Crippen LogP contribution in [0.5, 0.6) is 0 Å². The zero-order chi connectivity index (χ0) is 29.4. The van der Waals surface area contributed by atoms with Crippen LogP contribution in [-0.2, 0) is 11.3 Å². The monoisotopic (exact) mass is 681 g/mol. The molecule has 2 heterocycles. The Labute approximate surface area is 258 Å². The summed E-state index contributed by atoms with van der Waals surface area (Å²) in [5, 5.41) is 2.92. The predicted octanol–water partition coefficient (Wildman–Crippen LogP) is 7.15. The average Bonchev–Trinajstić information content (AvgIpc) is 3.48. The molecule has 0 aliphatic rings. The fourth-order valence-electron chi connectivity index (χ4n) is 5.10. The van der Waals surface area contributed by atoms with Crippen LogP contribution in [0.25, 0.3) is 40.1 Å². The van der Waals surface area contributed by atoms with Gasteiger partial charge >= 0.3 is 11.7 Å². The van der Waals surface area contributed by atoms with E-state index in [1.807, 2.05) is 34.9 Å². The maximum absolute atomic E-state index is 12.5. The Morgan fingerprint density at radius 1 is 0.976 bits per heavy atom. The second-order valence-electron chi connectivity index (χ2n) is 9.59. The molecule has 0 fully saturated rings. The molecular weight excluding hydrogens is 658 g/mol. The highest BCUT2D eigenvalue weighted by molar-refractivity contribution is 9.11. The summed E-state index contributed by atoms with van der Waals surface area (Å²) < 4.78 is 16.7. The standard InChI is InChI=1S/C34H25Br2N3O3/c1-4-16-38-21(2)31(42-34(38)37-32-27(33(40)41-3)19-23(35)20-28(32)36)18-22-14-15-30-26(17-22)25-12-8-9-13-29(25)39(30)24-10-6-5-7-11-24/h4-15,17-20H,1-2,16H2,3H3/b31-18+,37-34-. The largest absolute Gasteiger partial charge is 0.465 e. The second kappa shape index (κ2) is 11.5. The lowest BCUT2D eigenvalue weighted by molar-refractivity contribution is 0.0601. The third kappa shape index (κ3) is 4.97. The van der Waals surface area contributed by atoms with Gasteiger partial charge in [-0.2, -0.15) is 4.99 Å². The van der Waals surface area contributed by atoms with E-state index in [4.69, 9.17) is 14.1 Å². The summed E-state index contributed by atoms with van der Waals surface area (Å²) in [6.45, 7) is 8.58. The van der Waals surface area contributed by atoms with Gasteiger partial charge in [0.05, 0.1) is 34.7 Å². The van der Waals surface area contributed by atoms with Crippen LogP contribution in [0.4, 0.5) is 5.69 Å². The minimum Gasteiger partial charge on any atom is -0.465 e. The number of nitrogens with zero attached hydrogens (tertiary/aromatic N) is 3. The minimum absolute atomic E-state index is 0.279. The minimum atomic E-state index is -0.512. The average molecular weight is 683 g/mol. The highest BCUT2D eigenvalue weighted by atomic mass is 79.9. The molecule has 4 aromatic carbocycles. The van der Waals surface area contributed by atoms with Crippen molar-refractivity contribution in [3.8, 4) is 5.69 Å². The van der Waals surface area contributed by atoms with Gasteiger partial charge in [0.15, 0.2) is 5.42 Å². The molecule has 0 saturated carbocycles. The molecule has 6 aromatic rings. The molecule has 0 atom stereocenters. The SMILES string of the molecule is C=CCn1c(=C)/c(=C\c2ccc3c(c2)c2ccccc2n3-c2ccccc2)o/c1=N\c1c(Br)cc(Br)cc1C(=O)OC. The number of para-hydroxylation sites is 2. The van der Waals surface area contributed by atoms with Gasteiger partial charge in [0.1, 0.15) is 0 Å². The van der Waals surface area contributed by atoms with E-state index < -0.39 is 5.97 Å². The van der Waals surface area contributed by atoms with E-state index in [-0.39, 0.29) is 11.2 Å². The van der Waals surface area contributed by atoms with Crippen LogP contribution in [0, 0.1) is 0 Å². The fraction of sp³-hybridized carbons (Fsp3) is 0.0588. The predicted molar refractivity (Wildman–Crippen MR) is 174 cm³/mol. The number of oxazole rings is 1. The molecule has 208 valence electrons. The highest BCUT2D eigenvalue weighted by Gasteiger charge is 2.17. The van der Waals surface area contributed by atoms with E-state index >= 15 is 0 Å². The van der Waals surface area contributed by atoms with Crippen LogP contribution in [-0.4, -0.2) is 22.2 Å². The van der Waals surface area contributed by atoms with Gasteiger partial charge < -0.3 is 13.7 Å². The summed E-state index contributed by atoms with van der Waals surface area (Å²) in [4.78, 5) is 17.3. The van der Waals surface area contributed by atoms with E-state index in [0.29, 0.717) is 31.9 Å². The number of aromatic nitrogens is 2. The molecule has 0 unspecified atom stereocenters. The molecule has 0 saturated heterocycles. The molecule has 2 aromatic heterocycles. The van der Waals surface area contributed by atoms with Crippen molar-refractivity contribution in [1.29, 1.82) is 0 Å². The third-order valence-corrected chi connectivity index (χ3v) is 8.07. The molecule has 0 bridgehead atoms. The van der Waals surface area contributed by atoms with Crippen molar-refractivity contribution in [3.63, 3.8) is 0 Å². The van der Waals surface area contributed by atoms with Crippen LogP contribution < -0.4 is 16.4 Å². The number of ether oxygens (including phenoxy) is 1. The first-order chi connectivity index (χ1) is 20.4. The molecule has 6 rings (SSSR count). The van der Waals surface area contributed by atoms with E-state index in [1.165, 1.54) is 7.11 Å². The normalized spacial score (nSPS) is 12.4. The Hall–Kier alpha value is -4.40.